The first-order valence-electron chi connectivity index (χ1n) is 6.25. The van der Waals surface area contributed by atoms with Crippen LogP contribution in [0.4, 0.5) is 0 Å². The molecule has 1 aromatic carbocycles. The third-order valence-electron chi connectivity index (χ3n) is 3.40. The highest BCUT2D eigenvalue weighted by atomic mass is 14.9. The molecule has 1 aromatic rings. The lowest BCUT2D eigenvalue weighted by molar-refractivity contribution is 0.454. The van der Waals surface area contributed by atoms with E-state index < -0.39 is 0 Å². The minimum absolute atomic E-state index is 0.637. The number of hydrogen-bond acceptors (Lipinski definition) is 1. The van der Waals surface area contributed by atoms with E-state index in [4.69, 9.17) is 0 Å². The molecule has 0 saturated carbocycles. The van der Waals surface area contributed by atoms with Crippen LogP contribution >= 0.6 is 0 Å². The summed E-state index contributed by atoms with van der Waals surface area (Å²) in [5.41, 5.74) is 4.22. The number of piperidine rings is 1. The van der Waals surface area contributed by atoms with Crippen LogP contribution in [0.5, 0.6) is 0 Å². The van der Waals surface area contributed by atoms with Crippen LogP contribution in [0.15, 0.2) is 36.4 Å². The Kier molecular flexibility index (Phi) is 3.79. The maximum absolute atomic E-state index is 4.02. The van der Waals surface area contributed by atoms with Gasteiger partial charge in [0.2, 0.25) is 0 Å². The minimum atomic E-state index is 0.637. The molecule has 1 heterocycles. The first-order chi connectivity index (χ1) is 7.78. The molecule has 1 N–H and O–H groups in total. The van der Waals surface area contributed by atoms with Gasteiger partial charge in [0.05, 0.1) is 0 Å². The molecule has 1 atom stereocenters. The molecule has 1 aliphatic rings. The number of hydrogen-bond donors (Lipinski definition) is 1. The number of nitrogens with one attached hydrogen (secondary N) is 1. The summed E-state index contributed by atoms with van der Waals surface area (Å²) in [5, 5.41) is 3.55. The Morgan fingerprint density at radius 3 is 2.50 bits per heavy atom. The van der Waals surface area contributed by atoms with E-state index in [1.807, 2.05) is 0 Å². The van der Waals surface area contributed by atoms with Crippen LogP contribution in [0.2, 0.25) is 0 Å². The van der Waals surface area contributed by atoms with E-state index in [9.17, 15) is 0 Å². The van der Waals surface area contributed by atoms with Gasteiger partial charge in [-0.15, -0.1) is 0 Å². The molecule has 1 unspecified atom stereocenters. The van der Waals surface area contributed by atoms with Crippen molar-refractivity contribution in [2.75, 3.05) is 6.54 Å². The molecule has 1 nitrogen and oxygen atoms in total. The van der Waals surface area contributed by atoms with E-state index >= 15 is 0 Å². The Morgan fingerprint density at radius 1 is 1.25 bits per heavy atom. The second-order valence-corrected chi connectivity index (χ2v) is 4.74. The number of aryl methyl sites for hydroxylation is 1. The van der Waals surface area contributed by atoms with Gasteiger partial charge < -0.3 is 5.32 Å². The number of rotatable bonds is 3. The summed E-state index contributed by atoms with van der Waals surface area (Å²) < 4.78 is 0. The summed E-state index contributed by atoms with van der Waals surface area (Å²) >= 11 is 0. The zero-order chi connectivity index (χ0) is 11.4. The van der Waals surface area contributed by atoms with Crippen LogP contribution in [0.25, 0.3) is 0 Å². The molecule has 1 heteroatoms. The zero-order valence-corrected chi connectivity index (χ0v) is 10.1. The predicted molar refractivity (Wildman–Crippen MR) is 69.7 cm³/mol. The average molecular weight is 215 g/mol. The first kappa shape index (κ1) is 11.4. The average Bonchev–Trinajstić information content (AvgIpc) is 2.33. The van der Waals surface area contributed by atoms with Crippen molar-refractivity contribution in [3.8, 4) is 0 Å². The molecule has 0 aromatic heterocycles. The van der Waals surface area contributed by atoms with Crippen molar-refractivity contribution in [3.05, 3.63) is 47.5 Å². The fraction of sp³-hybridized carbons (Fsp3) is 0.467. The molecule has 1 fully saturated rings. The van der Waals surface area contributed by atoms with Gasteiger partial charge in [-0.1, -0.05) is 43.3 Å². The molecule has 0 bridgehead atoms. The van der Waals surface area contributed by atoms with E-state index in [1.165, 1.54) is 29.5 Å². The lowest BCUT2D eigenvalue weighted by Crippen LogP contribution is -2.36. The molecule has 2 rings (SSSR count). The summed E-state index contributed by atoms with van der Waals surface area (Å²) in [6, 6.07) is 9.67. The minimum Gasteiger partial charge on any atom is -0.310 e. The molecule has 0 spiro atoms. The zero-order valence-electron chi connectivity index (χ0n) is 10.1. The number of benzene rings is 1. The van der Waals surface area contributed by atoms with Gasteiger partial charge in [-0.25, -0.2) is 0 Å². The highest BCUT2D eigenvalue weighted by molar-refractivity contribution is 5.23. The van der Waals surface area contributed by atoms with Gasteiger partial charge in [0.15, 0.2) is 0 Å². The Morgan fingerprint density at radius 2 is 1.94 bits per heavy atom. The Balaban J connectivity index is 1.90. The van der Waals surface area contributed by atoms with Gasteiger partial charge >= 0.3 is 0 Å². The summed E-state index contributed by atoms with van der Waals surface area (Å²) in [6.07, 6.45) is 4.69. The highest BCUT2D eigenvalue weighted by Gasteiger charge is 2.14. The second-order valence-electron chi connectivity index (χ2n) is 4.74. The van der Waals surface area contributed by atoms with Crippen LogP contribution in [0.1, 0.15) is 30.9 Å². The lowest BCUT2D eigenvalue weighted by Gasteiger charge is -2.25. The van der Waals surface area contributed by atoms with E-state index in [0.29, 0.717) is 6.04 Å². The van der Waals surface area contributed by atoms with Gasteiger partial charge in [0.25, 0.3) is 0 Å². The summed E-state index contributed by atoms with van der Waals surface area (Å²) in [5.74, 6) is 0. The van der Waals surface area contributed by atoms with E-state index in [0.717, 1.165) is 19.4 Å². The van der Waals surface area contributed by atoms with Crippen LogP contribution in [-0.4, -0.2) is 12.6 Å². The summed E-state index contributed by atoms with van der Waals surface area (Å²) in [7, 11) is 0. The smallest absolute Gasteiger partial charge is 0.0164 e. The van der Waals surface area contributed by atoms with Crippen LogP contribution in [-0.2, 0) is 12.8 Å². The quantitative estimate of drug-likeness (QED) is 0.764. The summed E-state index contributed by atoms with van der Waals surface area (Å²) in [6.45, 7) is 7.21. The van der Waals surface area contributed by atoms with Gasteiger partial charge in [-0.3, -0.25) is 0 Å². The van der Waals surface area contributed by atoms with Crippen LogP contribution < -0.4 is 5.32 Å². The van der Waals surface area contributed by atoms with E-state index in [-0.39, 0.29) is 0 Å². The largest absolute Gasteiger partial charge is 0.310 e. The van der Waals surface area contributed by atoms with Gasteiger partial charge in [-0.05, 0) is 36.8 Å². The fourth-order valence-electron chi connectivity index (χ4n) is 2.23. The topological polar surface area (TPSA) is 12.0 Å². The van der Waals surface area contributed by atoms with Crippen LogP contribution in [0, 0.1) is 0 Å². The molecule has 1 aliphatic heterocycles. The van der Waals surface area contributed by atoms with Crippen molar-refractivity contribution in [3.63, 3.8) is 0 Å². The molecule has 0 radical (unpaired) electrons. The SMILES string of the molecule is C=C1CCC(Cc2ccc(CC)cc2)NC1. The third kappa shape index (κ3) is 2.96. The molecule has 1 saturated heterocycles. The van der Waals surface area contributed by atoms with Crippen molar-refractivity contribution in [2.45, 2.75) is 38.6 Å². The molecular weight excluding hydrogens is 194 g/mol. The van der Waals surface area contributed by atoms with Crippen molar-refractivity contribution in [1.29, 1.82) is 0 Å². The third-order valence-corrected chi connectivity index (χ3v) is 3.40. The maximum Gasteiger partial charge on any atom is 0.0164 e. The van der Waals surface area contributed by atoms with E-state index in [1.54, 1.807) is 0 Å². The van der Waals surface area contributed by atoms with Crippen molar-refractivity contribution < 1.29 is 0 Å². The van der Waals surface area contributed by atoms with Crippen LogP contribution in [0.3, 0.4) is 0 Å². The highest BCUT2D eigenvalue weighted by Crippen LogP contribution is 2.16. The predicted octanol–water partition coefficient (Wildman–Crippen LogP) is 3.10. The van der Waals surface area contributed by atoms with Gasteiger partial charge in [-0.2, -0.15) is 0 Å². The second kappa shape index (κ2) is 5.31. The monoisotopic (exact) mass is 215 g/mol. The standard InChI is InChI=1S/C15H21N/c1-3-13-5-7-14(8-6-13)10-15-9-4-12(2)11-16-15/h5-8,15-16H,2-4,9-11H2,1H3. The molecular formula is C15H21N. The normalized spacial score (nSPS) is 21.1. The maximum atomic E-state index is 4.02. The Hall–Kier alpha value is -1.08. The van der Waals surface area contributed by atoms with E-state index in [2.05, 4.69) is 43.1 Å². The van der Waals surface area contributed by atoms with Gasteiger partial charge in [0.1, 0.15) is 0 Å². The molecule has 0 amide bonds. The lowest BCUT2D eigenvalue weighted by atomic mass is 9.95. The van der Waals surface area contributed by atoms with Gasteiger partial charge in [0, 0.05) is 12.6 Å². The Labute approximate surface area is 98.6 Å². The molecule has 86 valence electrons. The summed E-state index contributed by atoms with van der Waals surface area (Å²) in [4.78, 5) is 0. The fourth-order valence-corrected chi connectivity index (χ4v) is 2.23. The molecule has 0 aliphatic carbocycles. The first-order valence-corrected chi connectivity index (χ1v) is 6.25. The molecule has 16 heavy (non-hydrogen) atoms. The van der Waals surface area contributed by atoms with Crippen molar-refractivity contribution in [1.82, 2.24) is 5.32 Å². The van der Waals surface area contributed by atoms with Crippen molar-refractivity contribution >= 4 is 0 Å². The Bertz CT molecular complexity index is 340. The van der Waals surface area contributed by atoms with Crippen molar-refractivity contribution in [2.24, 2.45) is 0 Å².